The van der Waals surface area contributed by atoms with Crippen molar-refractivity contribution in [1.82, 2.24) is 25.4 Å². The number of rotatable bonds is 3. The first-order chi connectivity index (χ1) is 7.25. The van der Waals surface area contributed by atoms with E-state index in [4.69, 9.17) is 0 Å². The normalized spacial score (nSPS) is 20.5. The van der Waals surface area contributed by atoms with Crippen LogP contribution in [0.5, 0.6) is 0 Å². The van der Waals surface area contributed by atoms with Gasteiger partial charge in [-0.05, 0) is 19.4 Å². The van der Waals surface area contributed by atoms with Crippen LogP contribution in [0.3, 0.4) is 0 Å². The molecule has 1 aromatic rings. The molecule has 1 fully saturated rings. The number of aromatic nitrogens is 3. The Kier molecular flexibility index (Phi) is 2.96. The van der Waals surface area contributed by atoms with Gasteiger partial charge in [0.25, 0.3) is 0 Å². The quantitative estimate of drug-likeness (QED) is 0.682. The first-order valence-electron chi connectivity index (χ1n) is 5.11. The molecule has 1 aliphatic heterocycles. The molecule has 0 radical (unpaired) electrons. The second-order valence-electron chi connectivity index (χ2n) is 3.70. The SMILES string of the molecule is Cn1cnc(CNC(=O)C2CCCN2)n1. The Balaban J connectivity index is 1.80. The van der Waals surface area contributed by atoms with Crippen LogP contribution in [-0.2, 0) is 18.4 Å². The summed E-state index contributed by atoms with van der Waals surface area (Å²) in [6, 6.07) is -0.0336. The Morgan fingerprint density at radius 3 is 3.27 bits per heavy atom. The van der Waals surface area contributed by atoms with Gasteiger partial charge in [-0.3, -0.25) is 9.48 Å². The lowest BCUT2D eigenvalue weighted by Crippen LogP contribution is -2.40. The Morgan fingerprint density at radius 1 is 1.80 bits per heavy atom. The van der Waals surface area contributed by atoms with Gasteiger partial charge in [0.1, 0.15) is 6.33 Å². The molecule has 6 nitrogen and oxygen atoms in total. The van der Waals surface area contributed by atoms with E-state index in [1.54, 1.807) is 18.1 Å². The molecule has 2 rings (SSSR count). The first-order valence-corrected chi connectivity index (χ1v) is 5.11. The smallest absolute Gasteiger partial charge is 0.237 e. The second-order valence-corrected chi connectivity index (χ2v) is 3.70. The predicted molar refractivity (Wildman–Crippen MR) is 53.9 cm³/mol. The van der Waals surface area contributed by atoms with Crippen LogP contribution < -0.4 is 10.6 Å². The maximum absolute atomic E-state index is 11.6. The fourth-order valence-corrected chi connectivity index (χ4v) is 1.66. The third kappa shape index (κ3) is 2.53. The van der Waals surface area contributed by atoms with E-state index in [0.29, 0.717) is 12.4 Å². The van der Waals surface area contributed by atoms with Gasteiger partial charge in [0.2, 0.25) is 5.91 Å². The molecule has 1 atom stereocenters. The zero-order valence-corrected chi connectivity index (χ0v) is 8.73. The molecule has 82 valence electrons. The zero-order chi connectivity index (χ0) is 10.7. The number of carbonyl (C=O) groups is 1. The van der Waals surface area contributed by atoms with Crippen LogP contribution in [0.25, 0.3) is 0 Å². The average Bonchev–Trinajstić information content (AvgIpc) is 2.84. The molecule has 15 heavy (non-hydrogen) atoms. The largest absolute Gasteiger partial charge is 0.347 e. The van der Waals surface area contributed by atoms with Crippen LogP contribution in [0.4, 0.5) is 0 Å². The molecule has 1 unspecified atom stereocenters. The molecule has 6 heteroatoms. The van der Waals surface area contributed by atoms with Crippen LogP contribution in [0, 0.1) is 0 Å². The highest BCUT2D eigenvalue weighted by molar-refractivity contribution is 5.81. The van der Waals surface area contributed by atoms with Gasteiger partial charge in [-0.2, -0.15) is 5.10 Å². The van der Waals surface area contributed by atoms with E-state index in [1.807, 2.05) is 0 Å². The number of hydrogen-bond acceptors (Lipinski definition) is 4. The lowest BCUT2D eigenvalue weighted by atomic mass is 10.2. The summed E-state index contributed by atoms with van der Waals surface area (Å²) in [6.45, 7) is 1.33. The Hall–Kier alpha value is -1.43. The van der Waals surface area contributed by atoms with Gasteiger partial charge in [-0.25, -0.2) is 4.98 Å². The minimum atomic E-state index is -0.0336. The highest BCUT2D eigenvalue weighted by atomic mass is 16.2. The zero-order valence-electron chi connectivity index (χ0n) is 8.73. The number of hydrogen-bond donors (Lipinski definition) is 2. The fraction of sp³-hybridized carbons (Fsp3) is 0.667. The van der Waals surface area contributed by atoms with Gasteiger partial charge in [0.05, 0.1) is 12.6 Å². The third-order valence-electron chi connectivity index (χ3n) is 2.44. The summed E-state index contributed by atoms with van der Waals surface area (Å²) in [5.41, 5.74) is 0. The predicted octanol–water partition coefficient (Wildman–Crippen LogP) is -0.817. The summed E-state index contributed by atoms with van der Waals surface area (Å²) in [6.07, 6.45) is 3.61. The molecule has 0 saturated carbocycles. The molecule has 0 spiro atoms. The van der Waals surface area contributed by atoms with Gasteiger partial charge in [0.15, 0.2) is 5.82 Å². The molecule has 2 N–H and O–H groups in total. The molecule has 0 aromatic carbocycles. The number of amides is 1. The number of nitrogens with one attached hydrogen (secondary N) is 2. The van der Waals surface area contributed by atoms with Crippen LogP contribution in [-0.4, -0.2) is 33.3 Å². The van der Waals surface area contributed by atoms with Crippen LogP contribution >= 0.6 is 0 Å². The van der Waals surface area contributed by atoms with Crippen molar-refractivity contribution >= 4 is 5.91 Å². The van der Waals surface area contributed by atoms with E-state index < -0.39 is 0 Å². The van der Waals surface area contributed by atoms with Crippen molar-refractivity contribution < 1.29 is 4.79 Å². The minimum Gasteiger partial charge on any atom is -0.347 e. The summed E-state index contributed by atoms with van der Waals surface area (Å²) in [4.78, 5) is 15.6. The van der Waals surface area contributed by atoms with Crippen LogP contribution in [0.15, 0.2) is 6.33 Å². The Bertz CT molecular complexity index is 342. The van der Waals surface area contributed by atoms with E-state index in [1.165, 1.54) is 0 Å². The molecule has 2 heterocycles. The monoisotopic (exact) mass is 209 g/mol. The minimum absolute atomic E-state index is 0.0336. The Labute approximate surface area is 88.1 Å². The first kappa shape index (κ1) is 10.1. The molecule has 1 aromatic heterocycles. The van der Waals surface area contributed by atoms with E-state index in [0.717, 1.165) is 19.4 Å². The maximum Gasteiger partial charge on any atom is 0.237 e. The van der Waals surface area contributed by atoms with Crippen molar-refractivity contribution in [3.63, 3.8) is 0 Å². The van der Waals surface area contributed by atoms with Gasteiger partial charge in [-0.1, -0.05) is 0 Å². The highest BCUT2D eigenvalue weighted by Gasteiger charge is 2.21. The number of carbonyl (C=O) groups excluding carboxylic acids is 1. The Morgan fingerprint density at radius 2 is 2.67 bits per heavy atom. The second kappa shape index (κ2) is 4.39. The highest BCUT2D eigenvalue weighted by Crippen LogP contribution is 2.04. The summed E-state index contributed by atoms with van der Waals surface area (Å²) >= 11 is 0. The molecule has 1 saturated heterocycles. The van der Waals surface area contributed by atoms with Crippen molar-refractivity contribution in [3.8, 4) is 0 Å². The number of nitrogens with zero attached hydrogens (tertiary/aromatic N) is 3. The molecular weight excluding hydrogens is 194 g/mol. The summed E-state index contributed by atoms with van der Waals surface area (Å²) < 4.78 is 1.62. The molecular formula is C9H15N5O. The molecule has 1 amide bonds. The molecule has 1 aliphatic rings. The van der Waals surface area contributed by atoms with Gasteiger partial charge >= 0.3 is 0 Å². The fourth-order valence-electron chi connectivity index (χ4n) is 1.66. The van der Waals surface area contributed by atoms with Gasteiger partial charge < -0.3 is 10.6 Å². The van der Waals surface area contributed by atoms with E-state index in [9.17, 15) is 4.79 Å². The summed E-state index contributed by atoms with van der Waals surface area (Å²) in [5, 5.41) is 10.0. The van der Waals surface area contributed by atoms with E-state index >= 15 is 0 Å². The maximum atomic E-state index is 11.6. The number of aryl methyl sites for hydroxylation is 1. The lowest BCUT2D eigenvalue weighted by Gasteiger charge is -2.09. The van der Waals surface area contributed by atoms with E-state index in [2.05, 4.69) is 20.7 Å². The molecule has 0 aliphatic carbocycles. The van der Waals surface area contributed by atoms with Gasteiger partial charge in [-0.15, -0.1) is 0 Å². The molecule has 0 bridgehead atoms. The van der Waals surface area contributed by atoms with Crippen LogP contribution in [0.1, 0.15) is 18.7 Å². The van der Waals surface area contributed by atoms with Gasteiger partial charge in [0, 0.05) is 7.05 Å². The van der Waals surface area contributed by atoms with Crippen LogP contribution in [0.2, 0.25) is 0 Å². The average molecular weight is 209 g/mol. The summed E-state index contributed by atoms with van der Waals surface area (Å²) in [5.74, 6) is 0.684. The van der Waals surface area contributed by atoms with Crippen molar-refractivity contribution in [3.05, 3.63) is 12.2 Å². The topological polar surface area (TPSA) is 71.8 Å². The van der Waals surface area contributed by atoms with Crippen molar-refractivity contribution in [2.45, 2.75) is 25.4 Å². The summed E-state index contributed by atoms with van der Waals surface area (Å²) in [7, 11) is 1.80. The van der Waals surface area contributed by atoms with Crippen molar-refractivity contribution in [2.75, 3.05) is 6.54 Å². The van der Waals surface area contributed by atoms with E-state index in [-0.39, 0.29) is 11.9 Å². The van der Waals surface area contributed by atoms with Crippen molar-refractivity contribution in [2.24, 2.45) is 7.05 Å². The lowest BCUT2D eigenvalue weighted by molar-refractivity contribution is -0.122. The third-order valence-corrected chi connectivity index (χ3v) is 2.44. The standard InChI is InChI=1S/C9H15N5O/c1-14-6-12-8(13-14)5-11-9(15)7-3-2-4-10-7/h6-7,10H,2-5H2,1H3,(H,11,15). The van der Waals surface area contributed by atoms with Crippen molar-refractivity contribution in [1.29, 1.82) is 0 Å².